The lowest BCUT2D eigenvalue weighted by molar-refractivity contribution is -0.114. The molecule has 0 spiro atoms. The summed E-state index contributed by atoms with van der Waals surface area (Å²) < 4.78 is 0. The van der Waals surface area contributed by atoms with Gasteiger partial charge in [-0.15, -0.1) is 0 Å². The van der Waals surface area contributed by atoms with Crippen LogP contribution in [0.25, 0.3) is 0 Å². The van der Waals surface area contributed by atoms with Gasteiger partial charge in [0.15, 0.2) is 0 Å². The van der Waals surface area contributed by atoms with Crippen molar-refractivity contribution in [1.29, 1.82) is 0 Å². The number of carbonyl (C=O) groups excluding carboxylic acids is 1. The van der Waals surface area contributed by atoms with E-state index in [0.29, 0.717) is 0 Å². The molecular formula is C9H19NO3. The first-order chi connectivity index (χ1) is 4.73. The van der Waals surface area contributed by atoms with Gasteiger partial charge >= 0.3 is 0 Å². The minimum atomic E-state index is 0. The average Bonchev–Trinajstić information content (AvgIpc) is 1.90. The molecule has 0 radical (unpaired) electrons. The molecule has 13 heavy (non-hydrogen) atoms. The lowest BCUT2D eigenvalue weighted by Crippen LogP contribution is -1.69. The molecule has 7 N–H and O–H groups in total. The van der Waals surface area contributed by atoms with Crippen LogP contribution in [0.15, 0.2) is 36.4 Å². The first kappa shape index (κ1) is 22.6. The van der Waals surface area contributed by atoms with E-state index in [0.717, 1.165) is 0 Å². The van der Waals surface area contributed by atoms with Gasteiger partial charge in [0.05, 0.1) is 0 Å². The zero-order valence-corrected chi connectivity index (χ0v) is 8.08. The van der Waals surface area contributed by atoms with Crippen LogP contribution in [-0.4, -0.2) is 16.7 Å². The molecule has 0 saturated carbocycles. The highest BCUT2D eigenvalue weighted by Crippen LogP contribution is 1.79. The van der Waals surface area contributed by atoms with Crippen molar-refractivity contribution in [2.45, 2.75) is 13.8 Å². The van der Waals surface area contributed by atoms with Crippen molar-refractivity contribution in [2.24, 2.45) is 0 Å². The molecule has 1 aromatic carbocycles. The van der Waals surface area contributed by atoms with Gasteiger partial charge in [0.1, 0.15) is 5.78 Å². The Hall–Kier alpha value is -1.23. The van der Waals surface area contributed by atoms with Crippen molar-refractivity contribution in [3.05, 3.63) is 36.4 Å². The van der Waals surface area contributed by atoms with Crippen LogP contribution < -0.4 is 6.15 Å². The quantitative estimate of drug-likeness (QED) is 0.649. The van der Waals surface area contributed by atoms with Crippen molar-refractivity contribution >= 4 is 5.78 Å². The predicted octanol–water partition coefficient (Wildman–Crippen LogP) is 0.794. The molecule has 0 aliphatic heterocycles. The summed E-state index contributed by atoms with van der Waals surface area (Å²) in [5.74, 6) is 0.167. The second-order valence-corrected chi connectivity index (χ2v) is 2.06. The highest BCUT2D eigenvalue weighted by Gasteiger charge is 1.62. The maximum atomic E-state index is 9.44. The number of rotatable bonds is 0. The lowest BCUT2D eigenvalue weighted by atomic mass is 10.4. The molecule has 4 nitrogen and oxygen atoms in total. The van der Waals surface area contributed by atoms with Gasteiger partial charge in [-0.1, -0.05) is 36.4 Å². The van der Waals surface area contributed by atoms with Crippen LogP contribution >= 0.6 is 0 Å². The molecule has 0 fully saturated rings. The molecule has 0 amide bonds. The molecule has 0 bridgehead atoms. The fourth-order valence-corrected chi connectivity index (χ4v) is 0.385. The van der Waals surface area contributed by atoms with Crippen LogP contribution in [0.4, 0.5) is 0 Å². The van der Waals surface area contributed by atoms with E-state index in [1.54, 1.807) is 0 Å². The zero-order chi connectivity index (χ0) is 7.82. The van der Waals surface area contributed by atoms with E-state index in [2.05, 4.69) is 0 Å². The molecule has 78 valence electrons. The standard InChI is InChI=1S/C6H6.C3H6O.H3N.2H2O/c1-2-4-6-5-3-1;1-3(2)4;;;/h1-6H;1-2H3;1H3;2*1H2. The second-order valence-electron chi connectivity index (χ2n) is 2.06. The Labute approximate surface area is 78.8 Å². The lowest BCUT2D eigenvalue weighted by Gasteiger charge is -1.69. The van der Waals surface area contributed by atoms with Crippen LogP contribution in [0, 0.1) is 0 Å². The van der Waals surface area contributed by atoms with E-state index in [1.165, 1.54) is 13.8 Å². The van der Waals surface area contributed by atoms with Crippen LogP contribution in [-0.2, 0) is 4.79 Å². The summed E-state index contributed by atoms with van der Waals surface area (Å²) in [6.07, 6.45) is 0. The first-order valence-electron chi connectivity index (χ1n) is 3.20. The minimum absolute atomic E-state index is 0. The highest BCUT2D eigenvalue weighted by atomic mass is 16.1. The summed E-state index contributed by atoms with van der Waals surface area (Å²) in [4.78, 5) is 9.44. The molecule has 0 heterocycles. The van der Waals surface area contributed by atoms with Gasteiger partial charge < -0.3 is 21.9 Å². The third kappa shape index (κ3) is 36.4. The summed E-state index contributed by atoms with van der Waals surface area (Å²) >= 11 is 0. The summed E-state index contributed by atoms with van der Waals surface area (Å²) in [7, 11) is 0. The van der Waals surface area contributed by atoms with Crippen molar-refractivity contribution < 1.29 is 15.7 Å². The molecular weight excluding hydrogens is 170 g/mol. The topological polar surface area (TPSA) is 115 Å². The molecule has 0 aliphatic carbocycles. The van der Waals surface area contributed by atoms with Gasteiger partial charge in [-0.25, -0.2) is 0 Å². The number of Topliss-reactive ketones (excluding diaryl/α,β-unsaturated/α-hetero) is 1. The van der Waals surface area contributed by atoms with Gasteiger partial charge in [0, 0.05) is 0 Å². The maximum absolute atomic E-state index is 9.44. The van der Waals surface area contributed by atoms with Gasteiger partial charge in [-0.05, 0) is 13.8 Å². The molecule has 0 aromatic heterocycles. The zero-order valence-electron chi connectivity index (χ0n) is 8.08. The summed E-state index contributed by atoms with van der Waals surface area (Å²) in [5.41, 5.74) is 0. The monoisotopic (exact) mass is 189 g/mol. The number of benzene rings is 1. The smallest absolute Gasteiger partial charge is 0.126 e. The molecule has 0 unspecified atom stereocenters. The Morgan fingerprint density at radius 1 is 0.769 bits per heavy atom. The molecule has 0 saturated heterocycles. The average molecular weight is 189 g/mol. The van der Waals surface area contributed by atoms with Crippen molar-refractivity contribution in [3.63, 3.8) is 0 Å². The largest absolute Gasteiger partial charge is 0.412 e. The SMILES string of the molecule is CC(C)=O.N.O.O.c1ccccc1. The molecule has 4 heteroatoms. The predicted molar refractivity (Wildman–Crippen MR) is 55.0 cm³/mol. The van der Waals surface area contributed by atoms with E-state index >= 15 is 0 Å². The van der Waals surface area contributed by atoms with Crippen LogP contribution in [0.3, 0.4) is 0 Å². The Kier molecular flexibility index (Phi) is 29.6. The number of hydrogen-bond acceptors (Lipinski definition) is 2. The molecule has 0 aliphatic rings. The Morgan fingerprint density at radius 2 is 0.846 bits per heavy atom. The third-order valence-corrected chi connectivity index (χ3v) is 0.667. The van der Waals surface area contributed by atoms with E-state index < -0.39 is 0 Å². The molecule has 1 rings (SSSR count). The van der Waals surface area contributed by atoms with Gasteiger partial charge in [-0.3, -0.25) is 0 Å². The number of carbonyl (C=O) groups is 1. The van der Waals surface area contributed by atoms with E-state index in [-0.39, 0.29) is 22.9 Å². The maximum Gasteiger partial charge on any atom is 0.126 e. The third-order valence-electron chi connectivity index (χ3n) is 0.667. The Bertz CT molecular complexity index is 147. The van der Waals surface area contributed by atoms with Crippen molar-refractivity contribution in [2.75, 3.05) is 0 Å². The summed E-state index contributed by atoms with van der Waals surface area (Å²) in [6.45, 7) is 3.06. The number of ketones is 1. The van der Waals surface area contributed by atoms with Gasteiger partial charge in [0.2, 0.25) is 0 Å². The van der Waals surface area contributed by atoms with Crippen LogP contribution in [0.1, 0.15) is 13.8 Å². The fourth-order valence-electron chi connectivity index (χ4n) is 0.385. The summed E-state index contributed by atoms with van der Waals surface area (Å²) in [6, 6.07) is 12.0. The van der Waals surface area contributed by atoms with Gasteiger partial charge in [-0.2, -0.15) is 0 Å². The summed E-state index contributed by atoms with van der Waals surface area (Å²) in [5, 5.41) is 0. The van der Waals surface area contributed by atoms with Crippen molar-refractivity contribution in [1.82, 2.24) is 6.15 Å². The van der Waals surface area contributed by atoms with E-state index in [1.807, 2.05) is 36.4 Å². The Morgan fingerprint density at radius 3 is 0.923 bits per heavy atom. The minimum Gasteiger partial charge on any atom is -0.412 e. The molecule has 0 atom stereocenters. The Balaban J connectivity index is -0.0000000536. The first-order valence-corrected chi connectivity index (χ1v) is 3.20. The fraction of sp³-hybridized carbons (Fsp3) is 0.222. The van der Waals surface area contributed by atoms with E-state index in [9.17, 15) is 4.79 Å². The van der Waals surface area contributed by atoms with Crippen LogP contribution in [0.2, 0.25) is 0 Å². The molecule has 1 aromatic rings. The van der Waals surface area contributed by atoms with Crippen molar-refractivity contribution in [3.8, 4) is 0 Å². The normalized spacial score (nSPS) is 5.69. The van der Waals surface area contributed by atoms with E-state index in [4.69, 9.17) is 0 Å². The number of hydrogen-bond donors (Lipinski definition) is 1. The van der Waals surface area contributed by atoms with Gasteiger partial charge in [0.25, 0.3) is 0 Å². The van der Waals surface area contributed by atoms with Crippen LogP contribution in [0.5, 0.6) is 0 Å². The second kappa shape index (κ2) is 17.0. The highest BCUT2D eigenvalue weighted by molar-refractivity contribution is 5.72.